The number of hydrogen-bond acceptors (Lipinski definition) is 0. The van der Waals surface area contributed by atoms with Crippen molar-refractivity contribution in [2.24, 2.45) is 0 Å². The van der Waals surface area contributed by atoms with E-state index in [2.05, 4.69) is 68.3 Å². The van der Waals surface area contributed by atoms with Gasteiger partial charge in [0.25, 0.3) is 0 Å². The van der Waals surface area contributed by atoms with Gasteiger partial charge >= 0.3 is 134 Å². The zero-order valence-corrected chi connectivity index (χ0v) is 15.6. The molecule has 4 aromatic rings. The Morgan fingerprint density at radius 3 is 1.72 bits per heavy atom. The fourth-order valence-corrected chi connectivity index (χ4v) is 10.3. The summed E-state index contributed by atoms with van der Waals surface area (Å²) < 4.78 is 7.19. The van der Waals surface area contributed by atoms with Crippen molar-refractivity contribution in [3.63, 3.8) is 0 Å². The summed E-state index contributed by atoms with van der Waals surface area (Å²) >= 11 is 8.21. The second-order valence-electron chi connectivity index (χ2n) is 4.15. The van der Waals surface area contributed by atoms with Crippen molar-refractivity contribution in [3.8, 4) is 0 Å². The van der Waals surface area contributed by atoms with Crippen LogP contribution in [0.2, 0.25) is 0 Å². The molecule has 0 N–H and O–H groups in total. The van der Waals surface area contributed by atoms with Gasteiger partial charge in [-0.3, -0.25) is 0 Å². The van der Waals surface area contributed by atoms with Gasteiger partial charge in [0, 0.05) is 0 Å². The van der Waals surface area contributed by atoms with Crippen molar-refractivity contribution in [2.75, 3.05) is 0 Å². The summed E-state index contributed by atoms with van der Waals surface area (Å²) in [5, 5.41) is 4.48. The quantitative estimate of drug-likeness (QED) is 0.310. The number of fused-ring (bicyclic) bond motifs is 5. The van der Waals surface area contributed by atoms with Gasteiger partial charge in [-0.25, -0.2) is 0 Å². The Morgan fingerprint density at radius 2 is 1.22 bits per heavy atom. The average Bonchev–Trinajstić information content (AvgIpc) is 2.82. The molecule has 0 saturated carbocycles. The molecule has 0 aliphatic heterocycles. The van der Waals surface area contributed by atoms with E-state index in [1.54, 1.807) is 8.52 Å². The third-order valence-electron chi connectivity index (χ3n) is 3.04. The fraction of sp³-hybridized carbons (Fsp3) is 0. The Labute approximate surface area is 133 Å². The average molecular weight is 492 g/mol. The molecule has 18 heavy (non-hydrogen) atoms. The van der Waals surface area contributed by atoms with Gasteiger partial charge in [-0.2, -0.15) is 0 Å². The zero-order valence-electron chi connectivity index (χ0n) is 9.04. The van der Waals surface area contributed by atoms with Crippen LogP contribution in [-0.2, 0) is 0 Å². The van der Waals surface area contributed by atoms with Crippen LogP contribution in [0.4, 0.5) is 0 Å². The van der Waals surface area contributed by atoms with Crippen LogP contribution in [0.25, 0.3) is 27.8 Å². The SMILES string of the molecule is Brc1ccc2c(c1)[se]c1[se]c3cc(Br)ccc3c12. The molecule has 2 heterocycles. The summed E-state index contributed by atoms with van der Waals surface area (Å²) in [5.74, 6) is 0. The standard InChI is InChI=1S/C14H6Br2Se2/c15-7-1-3-9-11(5-7)17-14-13(9)10-4-2-8(16)6-12(10)18-14/h1-6H. The summed E-state index contributed by atoms with van der Waals surface area (Å²) in [4.78, 5) is 0. The maximum atomic E-state index is 3.58. The molecule has 0 aliphatic rings. The summed E-state index contributed by atoms with van der Waals surface area (Å²) in [5.41, 5.74) is 0. The van der Waals surface area contributed by atoms with Gasteiger partial charge in [-0.15, -0.1) is 0 Å². The molecule has 2 aromatic heterocycles. The fourth-order valence-electron chi connectivity index (χ4n) is 2.26. The number of rotatable bonds is 0. The van der Waals surface area contributed by atoms with Gasteiger partial charge in [-0.1, -0.05) is 0 Å². The van der Waals surface area contributed by atoms with Crippen LogP contribution in [0.3, 0.4) is 0 Å². The minimum absolute atomic E-state index is 0.528. The first-order valence-electron chi connectivity index (χ1n) is 5.42. The van der Waals surface area contributed by atoms with Crippen LogP contribution in [0.15, 0.2) is 45.3 Å². The monoisotopic (exact) mass is 492 g/mol. The first-order chi connectivity index (χ1) is 8.72. The first kappa shape index (κ1) is 12.0. The molecule has 4 heteroatoms. The Morgan fingerprint density at radius 1 is 0.722 bits per heavy atom. The maximum absolute atomic E-state index is 3.58. The molecular formula is C14H6Br2Se2. The molecule has 0 fully saturated rings. The molecule has 2 aromatic carbocycles. The van der Waals surface area contributed by atoms with Crippen LogP contribution in [-0.4, -0.2) is 29.0 Å². The van der Waals surface area contributed by atoms with Gasteiger partial charge < -0.3 is 0 Å². The molecule has 0 saturated heterocycles. The number of halogens is 2. The van der Waals surface area contributed by atoms with Crippen LogP contribution in [0.5, 0.6) is 0 Å². The van der Waals surface area contributed by atoms with Crippen molar-refractivity contribution in [2.45, 2.75) is 0 Å². The van der Waals surface area contributed by atoms with E-state index in [9.17, 15) is 0 Å². The molecule has 0 atom stereocenters. The van der Waals surface area contributed by atoms with Crippen LogP contribution in [0, 0.1) is 0 Å². The molecule has 88 valence electrons. The van der Waals surface area contributed by atoms with E-state index in [4.69, 9.17) is 0 Å². The van der Waals surface area contributed by atoms with E-state index in [0.29, 0.717) is 29.0 Å². The van der Waals surface area contributed by atoms with Crippen molar-refractivity contribution in [1.29, 1.82) is 0 Å². The third-order valence-corrected chi connectivity index (χ3v) is 9.81. The first-order valence-corrected chi connectivity index (χ1v) is 10.4. The molecule has 0 radical (unpaired) electrons. The second-order valence-corrected chi connectivity index (χ2v) is 11.7. The van der Waals surface area contributed by atoms with Crippen LogP contribution >= 0.6 is 31.9 Å². The van der Waals surface area contributed by atoms with E-state index in [1.165, 1.54) is 28.2 Å². The van der Waals surface area contributed by atoms with Crippen LogP contribution < -0.4 is 0 Å². The van der Waals surface area contributed by atoms with E-state index in [1.807, 2.05) is 0 Å². The number of benzene rings is 2. The predicted molar refractivity (Wildman–Crippen MR) is 88.2 cm³/mol. The Balaban J connectivity index is 2.25. The molecular weight excluding hydrogens is 486 g/mol. The molecule has 4 rings (SSSR count). The van der Waals surface area contributed by atoms with Gasteiger partial charge in [0.15, 0.2) is 0 Å². The summed E-state index contributed by atoms with van der Waals surface area (Å²) in [6, 6.07) is 13.5. The van der Waals surface area contributed by atoms with Gasteiger partial charge in [-0.05, 0) is 0 Å². The van der Waals surface area contributed by atoms with Crippen molar-refractivity contribution >= 4 is 88.7 Å². The van der Waals surface area contributed by atoms with Crippen LogP contribution in [0.1, 0.15) is 0 Å². The Kier molecular flexibility index (Phi) is 2.89. The second kappa shape index (κ2) is 4.34. The van der Waals surface area contributed by atoms with Gasteiger partial charge in [0.1, 0.15) is 0 Å². The minimum atomic E-state index is 0.528. The van der Waals surface area contributed by atoms with E-state index in [0.717, 1.165) is 0 Å². The molecule has 0 nitrogen and oxygen atoms in total. The third kappa shape index (κ3) is 1.75. The molecule has 0 unspecified atom stereocenters. The van der Waals surface area contributed by atoms with Crippen molar-refractivity contribution in [3.05, 3.63) is 45.3 Å². The molecule has 0 bridgehead atoms. The summed E-state index contributed by atoms with van der Waals surface area (Å²) in [6.45, 7) is 0. The van der Waals surface area contributed by atoms with Crippen molar-refractivity contribution in [1.82, 2.24) is 0 Å². The number of hydrogen-bond donors (Lipinski definition) is 0. The molecule has 0 amide bonds. The summed E-state index contributed by atoms with van der Waals surface area (Å²) in [6.07, 6.45) is 0. The predicted octanol–water partition coefficient (Wildman–Crippen LogP) is 4.79. The van der Waals surface area contributed by atoms with E-state index in [-0.39, 0.29) is 0 Å². The molecule has 0 aliphatic carbocycles. The van der Waals surface area contributed by atoms with Crippen molar-refractivity contribution < 1.29 is 0 Å². The van der Waals surface area contributed by atoms with E-state index < -0.39 is 0 Å². The molecule has 0 spiro atoms. The van der Waals surface area contributed by atoms with Gasteiger partial charge in [0.2, 0.25) is 0 Å². The van der Waals surface area contributed by atoms with Gasteiger partial charge in [0.05, 0.1) is 0 Å². The topological polar surface area (TPSA) is 0 Å². The normalized spacial score (nSPS) is 11.9. The van der Waals surface area contributed by atoms with E-state index >= 15 is 0 Å². The zero-order chi connectivity index (χ0) is 12.3. The Hall–Kier alpha value is 0.179. The summed E-state index contributed by atoms with van der Waals surface area (Å²) in [7, 11) is 0. The Bertz CT molecular complexity index is 831.